The molecule has 2 aliphatic heterocycles. The molecule has 1 aromatic carbocycles. The van der Waals surface area contributed by atoms with Gasteiger partial charge in [0.1, 0.15) is 0 Å². The first-order chi connectivity index (χ1) is 12.2. The zero-order valence-corrected chi connectivity index (χ0v) is 15.5. The highest BCUT2D eigenvalue weighted by Gasteiger charge is 2.31. The molecule has 2 fully saturated rings. The van der Waals surface area contributed by atoms with Crippen molar-refractivity contribution < 1.29 is 9.53 Å². The van der Waals surface area contributed by atoms with E-state index < -0.39 is 0 Å². The molecule has 1 N–H and O–H groups in total. The number of nitrogens with zero attached hydrogens (tertiary/aromatic N) is 2. The first kappa shape index (κ1) is 18.4. The molecule has 0 spiro atoms. The second-order valence-electron chi connectivity index (χ2n) is 7.14. The van der Waals surface area contributed by atoms with Gasteiger partial charge < -0.3 is 15.0 Å². The summed E-state index contributed by atoms with van der Waals surface area (Å²) in [5.41, 5.74) is 1.35. The third-order valence-corrected chi connectivity index (χ3v) is 5.40. The molecule has 2 heterocycles. The van der Waals surface area contributed by atoms with Gasteiger partial charge in [-0.15, -0.1) is 0 Å². The standard InChI is InChI=1S/C20H31N3O2/c1-3-19(24)23-10-9-18(15-23)21-16(2)20(17-7-5-4-6-8-17)22-11-13-25-14-12-22/h4-8,16,18,20-21H,3,9-15H2,1-2H3/t16-,18-,20+/m0/s1. The lowest BCUT2D eigenvalue weighted by Gasteiger charge is -2.39. The minimum absolute atomic E-state index is 0.268. The average molecular weight is 345 g/mol. The van der Waals surface area contributed by atoms with Crippen molar-refractivity contribution in [2.45, 2.75) is 44.8 Å². The van der Waals surface area contributed by atoms with Gasteiger partial charge in [-0.2, -0.15) is 0 Å². The summed E-state index contributed by atoms with van der Waals surface area (Å²) in [5.74, 6) is 0.268. The van der Waals surface area contributed by atoms with E-state index in [0.717, 1.165) is 45.8 Å². The highest BCUT2D eigenvalue weighted by molar-refractivity contribution is 5.76. The number of benzene rings is 1. The molecule has 0 aromatic heterocycles. The lowest BCUT2D eigenvalue weighted by molar-refractivity contribution is -0.129. The molecular weight excluding hydrogens is 314 g/mol. The van der Waals surface area contributed by atoms with E-state index in [4.69, 9.17) is 4.74 Å². The minimum atomic E-state index is 0.268. The molecule has 1 amide bonds. The fourth-order valence-corrected chi connectivity index (χ4v) is 4.13. The zero-order valence-electron chi connectivity index (χ0n) is 15.5. The lowest BCUT2D eigenvalue weighted by Crippen LogP contribution is -2.50. The van der Waals surface area contributed by atoms with Gasteiger partial charge in [0.2, 0.25) is 5.91 Å². The topological polar surface area (TPSA) is 44.8 Å². The van der Waals surface area contributed by atoms with Crippen LogP contribution in [0.3, 0.4) is 0 Å². The largest absolute Gasteiger partial charge is 0.379 e. The van der Waals surface area contributed by atoms with Crippen molar-refractivity contribution in [1.29, 1.82) is 0 Å². The van der Waals surface area contributed by atoms with Gasteiger partial charge >= 0.3 is 0 Å². The van der Waals surface area contributed by atoms with Gasteiger partial charge in [0.05, 0.1) is 19.3 Å². The Balaban J connectivity index is 1.67. The van der Waals surface area contributed by atoms with Crippen LogP contribution in [0.25, 0.3) is 0 Å². The fourth-order valence-electron chi connectivity index (χ4n) is 4.13. The average Bonchev–Trinajstić information content (AvgIpc) is 3.11. The summed E-state index contributed by atoms with van der Waals surface area (Å²) >= 11 is 0. The Bertz CT molecular complexity index is 545. The maximum Gasteiger partial charge on any atom is 0.222 e. The predicted molar refractivity (Wildman–Crippen MR) is 99.4 cm³/mol. The summed E-state index contributed by atoms with van der Waals surface area (Å²) in [5, 5.41) is 3.81. The summed E-state index contributed by atoms with van der Waals surface area (Å²) in [6, 6.07) is 11.8. The van der Waals surface area contributed by atoms with Crippen molar-refractivity contribution in [3.63, 3.8) is 0 Å². The minimum Gasteiger partial charge on any atom is -0.379 e. The Labute approximate surface area is 151 Å². The summed E-state index contributed by atoms with van der Waals surface area (Å²) in [4.78, 5) is 16.4. The van der Waals surface area contributed by atoms with Crippen LogP contribution in [0.5, 0.6) is 0 Å². The van der Waals surface area contributed by atoms with Gasteiger partial charge in [-0.1, -0.05) is 37.3 Å². The summed E-state index contributed by atoms with van der Waals surface area (Å²) in [6.45, 7) is 9.48. The Hall–Kier alpha value is -1.43. The molecule has 1 aromatic rings. The number of hydrogen-bond acceptors (Lipinski definition) is 4. The van der Waals surface area contributed by atoms with E-state index in [0.29, 0.717) is 24.5 Å². The monoisotopic (exact) mass is 345 g/mol. The second kappa shape index (κ2) is 8.79. The molecule has 0 radical (unpaired) electrons. The summed E-state index contributed by atoms with van der Waals surface area (Å²) < 4.78 is 5.55. The number of ether oxygens (including phenoxy) is 1. The van der Waals surface area contributed by atoms with Crippen LogP contribution in [0.4, 0.5) is 0 Å². The Morgan fingerprint density at radius 3 is 2.64 bits per heavy atom. The van der Waals surface area contributed by atoms with Gasteiger partial charge in [-0.3, -0.25) is 9.69 Å². The van der Waals surface area contributed by atoms with Crippen LogP contribution in [0.1, 0.15) is 38.3 Å². The maximum absolute atomic E-state index is 11.9. The van der Waals surface area contributed by atoms with Crippen molar-refractivity contribution in [2.75, 3.05) is 39.4 Å². The van der Waals surface area contributed by atoms with Crippen LogP contribution >= 0.6 is 0 Å². The zero-order chi connectivity index (χ0) is 17.6. The molecule has 2 saturated heterocycles. The number of nitrogens with one attached hydrogen (secondary N) is 1. The van der Waals surface area contributed by atoms with E-state index in [-0.39, 0.29) is 5.91 Å². The number of carbonyl (C=O) groups excluding carboxylic acids is 1. The Kier molecular flexibility index (Phi) is 6.45. The van der Waals surface area contributed by atoms with Gasteiger partial charge in [0.15, 0.2) is 0 Å². The number of rotatable bonds is 6. The SMILES string of the molecule is CCC(=O)N1CC[C@H](N[C@@H](C)[C@H](c2ccccc2)N2CCOCC2)C1. The number of hydrogen-bond donors (Lipinski definition) is 1. The highest BCUT2D eigenvalue weighted by Crippen LogP contribution is 2.26. The molecule has 0 bridgehead atoms. The molecule has 5 heteroatoms. The van der Waals surface area contributed by atoms with Crippen molar-refractivity contribution >= 4 is 5.91 Å². The quantitative estimate of drug-likeness (QED) is 0.857. The first-order valence-electron chi connectivity index (χ1n) is 9.59. The van der Waals surface area contributed by atoms with E-state index in [9.17, 15) is 4.79 Å². The highest BCUT2D eigenvalue weighted by atomic mass is 16.5. The third kappa shape index (κ3) is 4.60. The molecule has 3 atom stereocenters. The maximum atomic E-state index is 11.9. The molecule has 2 aliphatic rings. The fraction of sp³-hybridized carbons (Fsp3) is 0.650. The molecule has 25 heavy (non-hydrogen) atoms. The number of likely N-dealkylation sites (tertiary alicyclic amines) is 1. The van der Waals surface area contributed by atoms with Crippen molar-refractivity contribution in [3.05, 3.63) is 35.9 Å². The van der Waals surface area contributed by atoms with E-state index in [2.05, 4.69) is 47.5 Å². The van der Waals surface area contributed by atoms with Crippen molar-refractivity contribution in [1.82, 2.24) is 15.1 Å². The smallest absolute Gasteiger partial charge is 0.222 e. The van der Waals surface area contributed by atoms with E-state index >= 15 is 0 Å². The third-order valence-electron chi connectivity index (χ3n) is 5.40. The normalized spacial score (nSPS) is 24.2. The van der Waals surface area contributed by atoms with Crippen LogP contribution < -0.4 is 5.32 Å². The first-order valence-corrected chi connectivity index (χ1v) is 9.59. The Morgan fingerprint density at radius 2 is 1.96 bits per heavy atom. The summed E-state index contributed by atoms with van der Waals surface area (Å²) in [6.07, 6.45) is 1.64. The van der Waals surface area contributed by atoms with E-state index in [1.807, 2.05) is 11.8 Å². The number of carbonyl (C=O) groups is 1. The predicted octanol–water partition coefficient (Wildman–Crippen LogP) is 2.05. The molecule has 5 nitrogen and oxygen atoms in total. The van der Waals surface area contributed by atoms with Crippen LogP contribution in [0, 0.1) is 0 Å². The van der Waals surface area contributed by atoms with Gasteiger partial charge in [-0.05, 0) is 18.9 Å². The van der Waals surface area contributed by atoms with Crippen LogP contribution in [-0.2, 0) is 9.53 Å². The Morgan fingerprint density at radius 1 is 1.24 bits per heavy atom. The molecular formula is C20H31N3O2. The lowest BCUT2D eigenvalue weighted by atomic mass is 9.97. The molecule has 0 aliphatic carbocycles. The van der Waals surface area contributed by atoms with Crippen LogP contribution in [0.2, 0.25) is 0 Å². The molecule has 0 unspecified atom stereocenters. The van der Waals surface area contributed by atoms with Crippen LogP contribution in [-0.4, -0.2) is 67.2 Å². The van der Waals surface area contributed by atoms with E-state index in [1.165, 1.54) is 5.56 Å². The number of amides is 1. The molecule has 3 rings (SSSR count). The van der Waals surface area contributed by atoms with Gasteiger partial charge in [0.25, 0.3) is 0 Å². The van der Waals surface area contributed by atoms with Crippen molar-refractivity contribution in [2.24, 2.45) is 0 Å². The number of morpholine rings is 1. The second-order valence-corrected chi connectivity index (χ2v) is 7.14. The molecule has 138 valence electrons. The van der Waals surface area contributed by atoms with E-state index in [1.54, 1.807) is 0 Å². The summed E-state index contributed by atoms with van der Waals surface area (Å²) in [7, 11) is 0. The van der Waals surface area contributed by atoms with Crippen LogP contribution in [0.15, 0.2) is 30.3 Å². The van der Waals surface area contributed by atoms with Gasteiger partial charge in [0, 0.05) is 44.7 Å². The molecule has 0 saturated carbocycles. The van der Waals surface area contributed by atoms with Gasteiger partial charge in [-0.25, -0.2) is 0 Å². The van der Waals surface area contributed by atoms with Crippen molar-refractivity contribution in [3.8, 4) is 0 Å².